The molecule has 0 aliphatic carbocycles. The maximum absolute atomic E-state index is 4.53. The molecule has 1 N–H and O–H groups in total. The highest BCUT2D eigenvalue weighted by atomic mass is 32.2. The molecule has 1 atom stereocenters. The van der Waals surface area contributed by atoms with Crippen molar-refractivity contribution in [1.82, 2.24) is 15.1 Å². The average Bonchev–Trinajstić information content (AvgIpc) is 2.66. The van der Waals surface area contributed by atoms with E-state index in [0.29, 0.717) is 10.8 Å². The van der Waals surface area contributed by atoms with Gasteiger partial charge >= 0.3 is 0 Å². The number of rotatable bonds is 7. The van der Waals surface area contributed by atoms with Gasteiger partial charge < -0.3 is 5.32 Å². The third-order valence-electron chi connectivity index (χ3n) is 2.95. The molecule has 3 nitrogen and oxygen atoms in total. The highest BCUT2D eigenvalue weighted by Gasteiger charge is 2.17. The van der Waals surface area contributed by atoms with Crippen molar-refractivity contribution >= 4 is 11.8 Å². The summed E-state index contributed by atoms with van der Waals surface area (Å²) in [7, 11) is 0. The number of nitrogens with one attached hydrogen (secondary N) is 1. The molecular formula is C15H29N3S. The lowest BCUT2D eigenvalue weighted by molar-refractivity contribution is 0.532. The van der Waals surface area contributed by atoms with Crippen LogP contribution in [0.5, 0.6) is 0 Å². The molecule has 0 bridgehead atoms. The maximum Gasteiger partial charge on any atom is 0.0596 e. The minimum Gasteiger partial charge on any atom is -0.313 e. The molecule has 0 saturated heterocycles. The van der Waals surface area contributed by atoms with Gasteiger partial charge in [0.05, 0.1) is 5.69 Å². The largest absolute Gasteiger partial charge is 0.313 e. The summed E-state index contributed by atoms with van der Waals surface area (Å²) < 4.78 is 2.45. The normalized spacial score (nSPS) is 13.8. The summed E-state index contributed by atoms with van der Waals surface area (Å²) >= 11 is 2.03. The van der Waals surface area contributed by atoms with Crippen molar-refractivity contribution in [2.24, 2.45) is 0 Å². The Bertz CT molecular complexity index is 379. The van der Waals surface area contributed by atoms with E-state index in [-0.39, 0.29) is 0 Å². The Kier molecular flexibility index (Phi) is 6.40. The van der Waals surface area contributed by atoms with E-state index in [4.69, 9.17) is 0 Å². The lowest BCUT2D eigenvalue weighted by Crippen LogP contribution is -2.35. The summed E-state index contributed by atoms with van der Waals surface area (Å²) in [6, 6.07) is 2.74. The van der Waals surface area contributed by atoms with E-state index < -0.39 is 0 Å². The summed E-state index contributed by atoms with van der Waals surface area (Å²) in [5.74, 6) is 1.14. The molecule has 0 amide bonds. The van der Waals surface area contributed by atoms with E-state index in [1.54, 1.807) is 0 Å². The molecule has 1 aromatic rings. The smallest absolute Gasteiger partial charge is 0.0596 e. The van der Waals surface area contributed by atoms with Crippen molar-refractivity contribution in [3.63, 3.8) is 0 Å². The molecule has 1 rings (SSSR count). The van der Waals surface area contributed by atoms with Gasteiger partial charge in [-0.2, -0.15) is 16.9 Å². The summed E-state index contributed by atoms with van der Waals surface area (Å²) in [6.45, 7) is 15.2. The van der Waals surface area contributed by atoms with Gasteiger partial charge in [0.15, 0.2) is 0 Å². The summed E-state index contributed by atoms with van der Waals surface area (Å²) in [6.07, 6.45) is 1.06. The molecule has 0 spiro atoms. The topological polar surface area (TPSA) is 29.9 Å². The molecule has 0 aromatic carbocycles. The molecular weight excluding hydrogens is 254 g/mol. The fourth-order valence-electron chi connectivity index (χ4n) is 2.12. The van der Waals surface area contributed by atoms with Crippen LogP contribution in [-0.4, -0.2) is 32.9 Å². The van der Waals surface area contributed by atoms with Crippen LogP contribution >= 0.6 is 11.8 Å². The second kappa shape index (κ2) is 7.34. The van der Waals surface area contributed by atoms with Gasteiger partial charge in [-0.15, -0.1) is 0 Å². The van der Waals surface area contributed by atoms with Crippen LogP contribution in [0.2, 0.25) is 0 Å². The summed E-state index contributed by atoms with van der Waals surface area (Å²) in [5.41, 5.74) is 2.47. The third-order valence-corrected chi connectivity index (χ3v) is 4.39. The number of likely N-dealkylation sites (N-methyl/N-ethyl adjacent to an activating group) is 1. The van der Waals surface area contributed by atoms with E-state index in [9.17, 15) is 0 Å². The quantitative estimate of drug-likeness (QED) is 0.833. The minimum atomic E-state index is 0.328. The van der Waals surface area contributed by atoms with Gasteiger partial charge in [-0.1, -0.05) is 27.7 Å². The zero-order valence-corrected chi connectivity index (χ0v) is 14.1. The maximum atomic E-state index is 4.53. The molecule has 110 valence electrons. The highest BCUT2D eigenvalue weighted by Crippen LogP contribution is 2.24. The van der Waals surface area contributed by atoms with Crippen LogP contribution in [0.15, 0.2) is 6.07 Å². The van der Waals surface area contributed by atoms with Crippen molar-refractivity contribution in [3.05, 3.63) is 17.5 Å². The van der Waals surface area contributed by atoms with Gasteiger partial charge in [-0.05, 0) is 26.5 Å². The van der Waals surface area contributed by atoms with Crippen LogP contribution in [-0.2, 0) is 13.0 Å². The first-order valence-corrected chi connectivity index (χ1v) is 8.25. The van der Waals surface area contributed by atoms with E-state index in [1.165, 1.54) is 5.69 Å². The second-order valence-electron chi connectivity index (χ2n) is 5.97. The van der Waals surface area contributed by atoms with E-state index in [0.717, 1.165) is 31.0 Å². The fraction of sp³-hybridized carbons (Fsp3) is 0.800. The van der Waals surface area contributed by atoms with Crippen LogP contribution in [0, 0.1) is 6.92 Å². The lowest BCUT2D eigenvalue weighted by Gasteiger charge is -2.23. The first-order valence-electron chi connectivity index (χ1n) is 7.26. The monoisotopic (exact) mass is 283 g/mol. The van der Waals surface area contributed by atoms with E-state index in [2.05, 4.69) is 62.7 Å². The zero-order chi connectivity index (χ0) is 14.5. The Morgan fingerprint density at radius 1 is 1.37 bits per heavy atom. The Balaban J connectivity index is 2.66. The fourth-order valence-corrected chi connectivity index (χ4v) is 3.06. The number of hydrogen-bond donors (Lipinski definition) is 1. The molecule has 19 heavy (non-hydrogen) atoms. The second-order valence-corrected chi connectivity index (χ2v) is 7.82. The average molecular weight is 283 g/mol. The highest BCUT2D eigenvalue weighted by molar-refractivity contribution is 8.00. The third kappa shape index (κ3) is 6.00. The predicted molar refractivity (Wildman–Crippen MR) is 86.0 cm³/mol. The predicted octanol–water partition coefficient (Wildman–Crippen LogP) is 3.26. The first kappa shape index (κ1) is 16.6. The molecule has 1 unspecified atom stereocenters. The minimum absolute atomic E-state index is 0.328. The van der Waals surface area contributed by atoms with Gasteiger partial charge in [0, 0.05) is 35.2 Å². The molecule has 0 fully saturated rings. The van der Waals surface area contributed by atoms with E-state index in [1.807, 2.05) is 11.8 Å². The molecule has 0 aliphatic rings. The Morgan fingerprint density at radius 3 is 2.58 bits per heavy atom. The number of aryl methyl sites for hydroxylation is 2. The summed E-state index contributed by atoms with van der Waals surface area (Å²) in [5, 5.41) is 8.14. The zero-order valence-electron chi connectivity index (χ0n) is 13.3. The summed E-state index contributed by atoms with van der Waals surface area (Å²) in [4.78, 5) is 0. The van der Waals surface area contributed by atoms with Gasteiger partial charge in [0.25, 0.3) is 0 Å². The van der Waals surface area contributed by atoms with Crippen LogP contribution in [0.25, 0.3) is 0 Å². The van der Waals surface area contributed by atoms with Gasteiger partial charge in [0.2, 0.25) is 0 Å². The number of nitrogens with zero attached hydrogens (tertiary/aromatic N) is 2. The molecule has 1 heterocycles. The van der Waals surface area contributed by atoms with E-state index >= 15 is 0 Å². The van der Waals surface area contributed by atoms with Crippen LogP contribution in [0.1, 0.15) is 46.0 Å². The number of hydrogen-bond acceptors (Lipinski definition) is 3. The van der Waals surface area contributed by atoms with Gasteiger partial charge in [-0.3, -0.25) is 4.68 Å². The van der Waals surface area contributed by atoms with Crippen molar-refractivity contribution in [3.8, 4) is 0 Å². The Hall–Kier alpha value is -0.480. The van der Waals surface area contributed by atoms with Gasteiger partial charge in [0.1, 0.15) is 0 Å². The molecule has 1 aromatic heterocycles. The van der Waals surface area contributed by atoms with Crippen LogP contribution < -0.4 is 5.32 Å². The molecule has 0 aliphatic heterocycles. The SMILES string of the molecule is CCNC(CSC(C)(C)C)Cc1cc(C)nn1CC. The first-order chi connectivity index (χ1) is 8.85. The van der Waals surface area contributed by atoms with Crippen molar-refractivity contribution in [1.29, 1.82) is 0 Å². The lowest BCUT2D eigenvalue weighted by atomic mass is 10.1. The van der Waals surface area contributed by atoms with Gasteiger partial charge in [-0.25, -0.2) is 0 Å². The van der Waals surface area contributed by atoms with Crippen LogP contribution in [0.4, 0.5) is 0 Å². The Labute approximate surface area is 122 Å². The van der Waals surface area contributed by atoms with Crippen molar-refractivity contribution < 1.29 is 0 Å². The number of aromatic nitrogens is 2. The standard InChI is InChI=1S/C15H29N3S/c1-7-16-13(11-19-15(4,5)6)10-14-9-12(3)17-18(14)8-2/h9,13,16H,7-8,10-11H2,1-6H3. The van der Waals surface area contributed by atoms with Crippen molar-refractivity contribution in [2.45, 2.75) is 65.3 Å². The van der Waals surface area contributed by atoms with Crippen LogP contribution in [0.3, 0.4) is 0 Å². The molecule has 4 heteroatoms. The Morgan fingerprint density at radius 2 is 2.05 bits per heavy atom. The molecule has 0 radical (unpaired) electrons. The van der Waals surface area contributed by atoms with Crippen molar-refractivity contribution in [2.75, 3.05) is 12.3 Å². The number of thioether (sulfide) groups is 1. The molecule has 0 saturated carbocycles.